The molecule has 2 bridgehead atoms. The Kier molecular flexibility index (Phi) is 5.25. The Balaban J connectivity index is 1.17. The number of aliphatic hydroxyl groups excluding tert-OH is 1. The van der Waals surface area contributed by atoms with Crippen LogP contribution < -0.4 is 4.74 Å². The number of hydrogen-bond acceptors (Lipinski definition) is 4. The molecule has 3 fully saturated rings. The molecule has 1 aromatic rings. The van der Waals surface area contributed by atoms with E-state index in [2.05, 4.69) is 9.80 Å². The predicted octanol–water partition coefficient (Wildman–Crippen LogP) is 2.37. The predicted molar refractivity (Wildman–Crippen MR) is 95.2 cm³/mol. The fourth-order valence-corrected chi connectivity index (χ4v) is 5.01. The first-order chi connectivity index (χ1) is 12.2. The summed E-state index contributed by atoms with van der Waals surface area (Å²) in [4.78, 5) is 5.03. The van der Waals surface area contributed by atoms with Crippen LogP contribution in [0.4, 0.5) is 4.39 Å². The summed E-state index contributed by atoms with van der Waals surface area (Å²) in [6, 6.07) is 6.76. The molecule has 0 amide bonds. The van der Waals surface area contributed by atoms with Crippen molar-refractivity contribution in [3.05, 3.63) is 30.1 Å². The van der Waals surface area contributed by atoms with Gasteiger partial charge in [-0.25, -0.2) is 4.39 Å². The smallest absolute Gasteiger partial charge is 0.123 e. The molecule has 4 atom stereocenters. The van der Waals surface area contributed by atoms with E-state index in [9.17, 15) is 9.50 Å². The van der Waals surface area contributed by atoms with Crippen molar-refractivity contribution >= 4 is 0 Å². The van der Waals surface area contributed by atoms with E-state index in [4.69, 9.17) is 4.74 Å². The molecule has 1 heterocycles. The number of piperazine rings is 1. The van der Waals surface area contributed by atoms with Crippen LogP contribution in [-0.4, -0.2) is 66.4 Å². The minimum absolute atomic E-state index is 0.248. The van der Waals surface area contributed by atoms with Gasteiger partial charge in [0.2, 0.25) is 0 Å². The normalized spacial score (nSPS) is 31.4. The fraction of sp³-hybridized carbons (Fsp3) is 0.700. The second kappa shape index (κ2) is 7.60. The summed E-state index contributed by atoms with van der Waals surface area (Å²) < 4.78 is 18.4. The molecule has 1 aliphatic heterocycles. The first kappa shape index (κ1) is 17.3. The molecule has 25 heavy (non-hydrogen) atoms. The van der Waals surface area contributed by atoms with Crippen molar-refractivity contribution in [3.8, 4) is 5.75 Å². The maximum atomic E-state index is 12.9. The second-order valence-electron chi connectivity index (χ2n) is 8.00. The summed E-state index contributed by atoms with van der Waals surface area (Å²) in [7, 11) is 0. The van der Waals surface area contributed by atoms with Gasteiger partial charge in [-0.15, -0.1) is 0 Å². The third kappa shape index (κ3) is 4.15. The number of fused-ring (bicyclic) bond motifs is 2. The van der Waals surface area contributed by atoms with Gasteiger partial charge in [-0.05, 0) is 55.4 Å². The zero-order valence-corrected chi connectivity index (χ0v) is 14.8. The molecule has 4 unspecified atom stereocenters. The van der Waals surface area contributed by atoms with E-state index >= 15 is 0 Å². The van der Waals surface area contributed by atoms with Crippen LogP contribution in [0.2, 0.25) is 0 Å². The van der Waals surface area contributed by atoms with Crippen LogP contribution in [0.3, 0.4) is 0 Å². The largest absolute Gasteiger partial charge is 0.491 e. The Hall–Kier alpha value is -1.17. The van der Waals surface area contributed by atoms with Crippen LogP contribution in [0, 0.1) is 17.7 Å². The number of aliphatic hydroxyl groups is 1. The summed E-state index contributed by atoms with van der Waals surface area (Å²) in [6.07, 6.45) is 5.26. The highest BCUT2D eigenvalue weighted by atomic mass is 19.1. The van der Waals surface area contributed by atoms with Crippen molar-refractivity contribution in [2.75, 3.05) is 39.3 Å². The SMILES string of the molecule is OC(COc1ccc(F)cc1)CN1CCN(C2CC3CCC2C3)CC1. The third-order valence-corrected chi connectivity index (χ3v) is 6.30. The van der Waals surface area contributed by atoms with E-state index in [1.165, 1.54) is 37.8 Å². The highest BCUT2D eigenvalue weighted by molar-refractivity contribution is 5.22. The van der Waals surface area contributed by atoms with Crippen molar-refractivity contribution < 1.29 is 14.2 Å². The lowest BCUT2D eigenvalue weighted by Gasteiger charge is -2.41. The summed E-state index contributed by atoms with van der Waals surface area (Å²) in [5.74, 6) is 2.27. The van der Waals surface area contributed by atoms with Crippen molar-refractivity contribution in [2.24, 2.45) is 11.8 Å². The van der Waals surface area contributed by atoms with Crippen LogP contribution in [0.5, 0.6) is 5.75 Å². The molecule has 0 radical (unpaired) electrons. The van der Waals surface area contributed by atoms with E-state index in [1.54, 1.807) is 12.1 Å². The van der Waals surface area contributed by atoms with E-state index in [0.29, 0.717) is 12.3 Å². The highest BCUT2D eigenvalue weighted by Crippen LogP contribution is 2.46. The van der Waals surface area contributed by atoms with Gasteiger partial charge in [-0.1, -0.05) is 6.42 Å². The molecule has 138 valence electrons. The summed E-state index contributed by atoms with van der Waals surface area (Å²) in [5.41, 5.74) is 0. The van der Waals surface area contributed by atoms with Gasteiger partial charge in [0.25, 0.3) is 0 Å². The molecule has 2 saturated carbocycles. The van der Waals surface area contributed by atoms with Crippen molar-refractivity contribution in [3.63, 3.8) is 0 Å². The van der Waals surface area contributed by atoms with E-state index in [-0.39, 0.29) is 12.4 Å². The van der Waals surface area contributed by atoms with E-state index in [1.807, 2.05) is 0 Å². The number of halogens is 1. The number of rotatable bonds is 6. The average molecular weight is 348 g/mol. The van der Waals surface area contributed by atoms with E-state index in [0.717, 1.165) is 44.1 Å². The molecule has 3 aliphatic rings. The third-order valence-electron chi connectivity index (χ3n) is 6.30. The molecule has 4 nitrogen and oxygen atoms in total. The van der Waals surface area contributed by atoms with Gasteiger partial charge in [-0.2, -0.15) is 0 Å². The quantitative estimate of drug-likeness (QED) is 0.856. The number of ether oxygens (including phenoxy) is 1. The van der Waals surface area contributed by atoms with Crippen LogP contribution in [0.25, 0.3) is 0 Å². The summed E-state index contributed by atoms with van der Waals surface area (Å²) >= 11 is 0. The molecular weight excluding hydrogens is 319 g/mol. The number of benzene rings is 1. The van der Waals surface area contributed by atoms with Crippen LogP contribution in [0.1, 0.15) is 25.7 Å². The van der Waals surface area contributed by atoms with Crippen molar-refractivity contribution in [1.82, 2.24) is 9.80 Å². The molecule has 1 saturated heterocycles. The first-order valence-electron chi connectivity index (χ1n) is 9.70. The number of nitrogens with zero attached hydrogens (tertiary/aromatic N) is 2. The fourth-order valence-electron chi connectivity index (χ4n) is 5.01. The highest BCUT2D eigenvalue weighted by Gasteiger charge is 2.42. The van der Waals surface area contributed by atoms with Crippen molar-refractivity contribution in [1.29, 1.82) is 0 Å². The second-order valence-corrected chi connectivity index (χ2v) is 8.00. The molecule has 1 N–H and O–H groups in total. The molecule has 1 aromatic carbocycles. The lowest BCUT2D eigenvalue weighted by atomic mass is 9.93. The van der Waals surface area contributed by atoms with Crippen LogP contribution >= 0.6 is 0 Å². The van der Waals surface area contributed by atoms with Gasteiger partial charge in [0.05, 0.1) is 0 Å². The van der Waals surface area contributed by atoms with E-state index < -0.39 is 6.10 Å². The van der Waals surface area contributed by atoms with Gasteiger partial charge in [-0.3, -0.25) is 9.80 Å². The van der Waals surface area contributed by atoms with Crippen LogP contribution in [0.15, 0.2) is 24.3 Å². The molecule has 5 heteroatoms. The van der Waals surface area contributed by atoms with Gasteiger partial charge in [0.1, 0.15) is 24.3 Å². The summed E-state index contributed by atoms with van der Waals surface area (Å²) in [5, 5.41) is 10.2. The minimum atomic E-state index is -0.515. The van der Waals surface area contributed by atoms with Gasteiger partial charge < -0.3 is 9.84 Å². The molecule has 2 aliphatic carbocycles. The number of β-amino-alcohol motifs (C(OH)–C–C–N with tert-alkyl or cyclic N) is 1. The van der Waals surface area contributed by atoms with Gasteiger partial charge >= 0.3 is 0 Å². The Morgan fingerprint density at radius 2 is 1.84 bits per heavy atom. The zero-order valence-electron chi connectivity index (χ0n) is 14.8. The number of hydrogen-bond donors (Lipinski definition) is 1. The average Bonchev–Trinajstić information content (AvgIpc) is 3.25. The van der Waals surface area contributed by atoms with Gasteiger partial charge in [0.15, 0.2) is 0 Å². The molecule has 0 aromatic heterocycles. The van der Waals surface area contributed by atoms with Crippen molar-refractivity contribution in [2.45, 2.75) is 37.8 Å². The van der Waals surface area contributed by atoms with Gasteiger partial charge in [0, 0.05) is 38.8 Å². The van der Waals surface area contributed by atoms with Crippen LogP contribution in [-0.2, 0) is 0 Å². The molecular formula is C20H29FN2O2. The molecule has 4 rings (SSSR count). The standard InChI is InChI=1S/C20H29FN2O2/c21-17-3-5-19(6-4-17)25-14-18(24)13-22-7-9-23(10-8-22)20-12-15-1-2-16(20)11-15/h3-6,15-16,18,20,24H,1-2,7-14H2. The lowest BCUT2D eigenvalue weighted by Crippen LogP contribution is -2.53. The Morgan fingerprint density at radius 3 is 2.48 bits per heavy atom. The lowest BCUT2D eigenvalue weighted by molar-refractivity contribution is 0.0282. The Morgan fingerprint density at radius 1 is 1.08 bits per heavy atom. The zero-order chi connectivity index (χ0) is 17.2. The Bertz CT molecular complexity index is 559. The minimum Gasteiger partial charge on any atom is -0.491 e. The topological polar surface area (TPSA) is 35.9 Å². The molecule has 0 spiro atoms. The maximum absolute atomic E-state index is 12.9. The maximum Gasteiger partial charge on any atom is 0.123 e. The Labute approximate surface area is 149 Å². The first-order valence-corrected chi connectivity index (χ1v) is 9.70. The monoisotopic (exact) mass is 348 g/mol. The summed E-state index contributed by atoms with van der Waals surface area (Å²) in [6.45, 7) is 5.20.